The van der Waals surface area contributed by atoms with Gasteiger partial charge in [0.2, 0.25) is 0 Å². The van der Waals surface area contributed by atoms with Gasteiger partial charge in [-0.05, 0) is 61.1 Å². The summed E-state index contributed by atoms with van der Waals surface area (Å²) in [4.78, 5) is 28.0. The molecule has 0 atom stereocenters. The Morgan fingerprint density at radius 1 is 0.895 bits per heavy atom. The van der Waals surface area contributed by atoms with E-state index in [1.54, 1.807) is 24.7 Å². The molecule has 1 fully saturated rings. The molecule has 2 amide bonds. The van der Waals surface area contributed by atoms with E-state index in [4.69, 9.17) is 5.26 Å². The van der Waals surface area contributed by atoms with Crippen molar-refractivity contribution in [2.45, 2.75) is 44.3 Å². The zero-order chi connectivity index (χ0) is 26.2. The molecule has 1 aliphatic rings. The maximum atomic E-state index is 13.5. The topological polar surface area (TPSA) is 107 Å². The molecule has 0 aliphatic heterocycles. The van der Waals surface area contributed by atoms with Gasteiger partial charge in [0.15, 0.2) is 0 Å². The second-order valence-corrected chi connectivity index (χ2v) is 9.38. The number of carbonyl (C=O) groups excluding carboxylic acids is 1. The van der Waals surface area contributed by atoms with E-state index in [0.29, 0.717) is 12.1 Å². The van der Waals surface area contributed by atoms with Crippen LogP contribution in [-0.2, 0) is 6.54 Å². The second-order valence-electron chi connectivity index (χ2n) is 9.38. The number of rotatable bonds is 7. The average Bonchev–Trinajstić information content (AvgIpc) is 2.99. The Balaban J connectivity index is 1.29. The quantitative estimate of drug-likeness (QED) is 0.342. The number of hydrogen-bond acceptors (Lipinski definition) is 6. The standard InChI is InChI=1S/C30H29N7O/c31-16-23-6-15-29(34-18-23)36-26-9-13-28(14-10-26)37(30(38)35-17-22-4-2-1-3-5-22)27-11-7-24(8-12-27)25-19-32-21-33-20-25/h1-8,11-12,15,18-21,26,28H,9-10,13-14,17H2,(H,34,36)(H,35,38). The molecule has 2 aromatic heterocycles. The van der Waals surface area contributed by atoms with E-state index < -0.39 is 0 Å². The number of pyridine rings is 1. The van der Waals surface area contributed by atoms with Crippen LogP contribution in [0.5, 0.6) is 0 Å². The van der Waals surface area contributed by atoms with Gasteiger partial charge in [0.25, 0.3) is 0 Å². The zero-order valence-electron chi connectivity index (χ0n) is 21.0. The predicted octanol–water partition coefficient (Wildman–Crippen LogP) is 5.55. The van der Waals surface area contributed by atoms with Gasteiger partial charge >= 0.3 is 6.03 Å². The van der Waals surface area contributed by atoms with Crippen LogP contribution in [0.15, 0.2) is 91.6 Å². The maximum Gasteiger partial charge on any atom is 0.322 e. The van der Waals surface area contributed by atoms with Gasteiger partial charge in [-0.15, -0.1) is 0 Å². The fraction of sp³-hybridized carbons (Fsp3) is 0.233. The molecule has 8 nitrogen and oxygen atoms in total. The Bertz CT molecular complexity index is 1360. The molecule has 0 spiro atoms. The molecule has 8 heteroatoms. The number of anilines is 2. The number of nitrogens with zero attached hydrogens (tertiary/aromatic N) is 5. The molecule has 2 N–H and O–H groups in total. The van der Waals surface area contributed by atoms with Crippen molar-refractivity contribution in [3.05, 3.63) is 103 Å². The van der Waals surface area contributed by atoms with E-state index in [1.807, 2.05) is 65.6 Å². The van der Waals surface area contributed by atoms with Crippen LogP contribution in [0.4, 0.5) is 16.3 Å². The Hall–Kier alpha value is -4.77. The lowest BCUT2D eigenvalue weighted by molar-refractivity contribution is 0.240. The molecule has 0 radical (unpaired) electrons. The molecule has 0 saturated heterocycles. The van der Waals surface area contributed by atoms with E-state index in [2.05, 4.69) is 31.7 Å². The summed E-state index contributed by atoms with van der Waals surface area (Å²) in [7, 11) is 0. The smallest absolute Gasteiger partial charge is 0.322 e. The van der Waals surface area contributed by atoms with E-state index >= 15 is 0 Å². The second kappa shape index (κ2) is 12.0. The minimum Gasteiger partial charge on any atom is -0.367 e. The van der Waals surface area contributed by atoms with Crippen molar-refractivity contribution in [3.63, 3.8) is 0 Å². The Morgan fingerprint density at radius 2 is 1.63 bits per heavy atom. The first-order chi connectivity index (χ1) is 18.7. The third kappa shape index (κ3) is 6.13. The molecular weight excluding hydrogens is 474 g/mol. The Labute approximate surface area is 222 Å². The number of aromatic nitrogens is 3. The number of benzene rings is 2. The van der Waals surface area contributed by atoms with Crippen LogP contribution in [-0.4, -0.2) is 33.1 Å². The summed E-state index contributed by atoms with van der Waals surface area (Å²) in [6.45, 7) is 0.469. The number of nitriles is 1. The number of nitrogens with one attached hydrogen (secondary N) is 2. The highest BCUT2D eigenvalue weighted by Gasteiger charge is 2.30. The molecule has 5 rings (SSSR count). The third-order valence-electron chi connectivity index (χ3n) is 6.85. The van der Waals surface area contributed by atoms with Crippen molar-refractivity contribution in [1.29, 1.82) is 5.26 Å². The van der Waals surface area contributed by atoms with Gasteiger partial charge in [-0.25, -0.2) is 19.7 Å². The lowest BCUT2D eigenvalue weighted by atomic mass is 9.89. The number of urea groups is 1. The van der Waals surface area contributed by atoms with Crippen molar-refractivity contribution >= 4 is 17.5 Å². The lowest BCUT2D eigenvalue weighted by Gasteiger charge is -2.37. The van der Waals surface area contributed by atoms with E-state index in [-0.39, 0.29) is 18.1 Å². The third-order valence-corrected chi connectivity index (χ3v) is 6.85. The monoisotopic (exact) mass is 503 g/mol. The highest BCUT2D eigenvalue weighted by Crippen LogP contribution is 2.30. The zero-order valence-corrected chi connectivity index (χ0v) is 21.0. The summed E-state index contributed by atoms with van der Waals surface area (Å²) in [6.07, 6.45) is 10.2. The normalized spacial score (nSPS) is 16.7. The van der Waals surface area contributed by atoms with Crippen LogP contribution in [0.1, 0.15) is 36.8 Å². The number of carbonyl (C=O) groups is 1. The predicted molar refractivity (Wildman–Crippen MR) is 147 cm³/mol. The molecule has 190 valence electrons. The molecule has 2 aromatic carbocycles. The van der Waals surface area contributed by atoms with Crippen LogP contribution in [0.25, 0.3) is 11.1 Å². The number of amides is 2. The molecule has 1 aliphatic carbocycles. The van der Waals surface area contributed by atoms with Gasteiger partial charge in [0.05, 0.1) is 5.56 Å². The summed E-state index contributed by atoms with van der Waals surface area (Å²) < 4.78 is 0. The van der Waals surface area contributed by atoms with Crippen molar-refractivity contribution < 1.29 is 4.79 Å². The van der Waals surface area contributed by atoms with Gasteiger partial charge in [-0.1, -0.05) is 42.5 Å². The van der Waals surface area contributed by atoms with Gasteiger partial charge in [-0.2, -0.15) is 5.26 Å². The summed E-state index contributed by atoms with van der Waals surface area (Å²) in [6, 6.07) is 23.9. The van der Waals surface area contributed by atoms with E-state index in [1.165, 1.54) is 6.33 Å². The van der Waals surface area contributed by atoms with Gasteiger partial charge in [0.1, 0.15) is 18.2 Å². The molecule has 38 heavy (non-hydrogen) atoms. The largest absolute Gasteiger partial charge is 0.367 e. The van der Waals surface area contributed by atoms with Gasteiger partial charge in [0, 0.05) is 48.5 Å². The molecule has 1 saturated carbocycles. The van der Waals surface area contributed by atoms with Crippen LogP contribution in [0.2, 0.25) is 0 Å². The average molecular weight is 504 g/mol. The fourth-order valence-electron chi connectivity index (χ4n) is 4.85. The van der Waals surface area contributed by atoms with Crippen molar-refractivity contribution in [2.24, 2.45) is 0 Å². The first kappa shape index (κ1) is 24.9. The van der Waals surface area contributed by atoms with Crippen molar-refractivity contribution in [1.82, 2.24) is 20.3 Å². The molecular formula is C30H29N7O. The molecule has 2 heterocycles. The maximum absolute atomic E-state index is 13.5. The summed E-state index contributed by atoms with van der Waals surface area (Å²) in [5.74, 6) is 0.769. The first-order valence-corrected chi connectivity index (χ1v) is 12.8. The summed E-state index contributed by atoms with van der Waals surface area (Å²) in [5.41, 5.74) is 4.40. The van der Waals surface area contributed by atoms with Crippen molar-refractivity contribution in [3.8, 4) is 17.2 Å². The molecule has 0 bridgehead atoms. The van der Waals surface area contributed by atoms with Crippen LogP contribution < -0.4 is 15.5 Å². The first-order valence-electron chi connectivity index (χ1n) is 12.8. The van der Waals surface area contributed by atoms with E-state index in [0.717, 1.165) is 53.9 Å². The fourth-order valence-corrected chi connectivity index (χ4v) is 4.85. The summed E-state index contributed by atoms with van der Waals surface area (Å²) >= 11 is 0. The molecule has 0 unspecified atom stereocenters. The van der Waals surface area contributed by atoms with Crippen LogP contribution in [0.3, 0.4) is 0 Å². The lowest BCUT2D eigenvalue weighted by Crippen LogP contribution is -2.48. The Morgan fingerprint density at radius 3 is 2.29 bits per heavy atom. The highest BCUT2D eigenvalue weighted by molar-refractivity contribution is 5.93. The van der Waals surface area contributed by atoms with Gasteiger partial charge < -0.3 is 10.6 Å². The van der Waals surface area contributed by atoms with E-state index in [9.17, 15) is 4.79 Å². The van der Waals surface area contributed by atoms with Crippen LogP contribution in [0, 0.1) is 11.3 Å². The van der Waals surface area contributed by atoms with Gasteiger partial charge in [-0.3, -0.25) is 4.90 Å². The molecule has 4 aromatic rings. The summed E-state index contributed by atoms with van der Waals surface area (Å²) in [5, 5.41) is 15.6. The number of hydrogen-bond donors (Lipinski definition) is 2. The highest BCUT2D eigenvalue weighted by atomic mass is 16.2. The SMILES string of the molecule is N#Cc1ccc(NC2CCC(N(C(=O)NCc3ccccc3)c3ccc(-c4cncnc4)cc3)CC2)nc1. The minimum atomic E-state index is -0.102. The Kier molecular flexibility index (Phi) is 7.85. The van der Waals surface area contributed by atoms with Crippen molar-refractivity contribution in [2.75, 3.05) is 10.2 Å². The van der Waals surface area contributed by atoms with Crippen LogP contribution >= 0.6 is 0 Å². The minimum absolute atomic E-state index is 0.0728.